The van der Waals surface area contributed by atoms with Crippen LogP contribution in [-0.2, 0) is 9.59 Å². The summed E-state index contributed by atoms with van der Waals surface area (Å²) in [6, 6.07) is 10.5. The van der Waals surface area contributed by atoms with Crippen LogP contribution in [0.2, 0.25) is 0 Å². The number of fused-ring (bicyclic) bond motifs is 2. The topological polar surface area (TPSA) is 69.7 Å². The number of hydrogen-bond acceptors (Lipinski definition) is 4. The van der Waals surface area contributed by atoms with E-state index < -0.39 is 6.04 Å². The van der Waals surface area contributed by atoms with Gasteiger partial charge in [-0.15, -0.1) is 0 Å². The van der Waals surface area contributed by atoms with Gasteiger partial charge in [-0.05, 0) is 30.0 Å². The van der Waals surface area contributed by atoms with Crippen molar-refractivity contribution in [3.63, 3.8) is 0 Å². The molecule has 1 fully saturated rings. The predicted molar refractivity (Wildman–Crippen MR) is 110 cm³/mol. The fourth-order valence-electron chi connectivity index (χ4n) is 3.76. The van der Waals surface area contributed by atoms with E-state index in [2.05, 4.69) is 5.32 Å². The number of carbonyl (C=O) groups is 3. The number of amides is 3. The summed E-state index contributed by atoms with van der Waals surface area (Å²) in [5.41, 5.74) is 1.68. The van der Waals surface area contributed by atoms with Crippen molar-refractivity contribution in [2.75, 3.05) is 37.0 Å². The lowest BCUT2D eigenvalue weighted by molar-refractivity contribution is -0.133. The number of halogens is 1. The lowest BCUT2D eigenvalue weighted by Gasteiger charge is -2.39. The average molecular weight is 413 g/mol. The third-order valence-electron chi connectivity index (χ3n) is 5.26. The molecule has 8 heteroatoms. The van der Waals surface area contributed by atoms with Gasteiger partial charge in [0, 0.05) is 18.7 Å². The zero-order valence-corrected chi connectivity index (χ0v) is 16.7. The van der Waals surface area contributed by atoms with E-state index in [-0.39, 0.29) is 36.6 Å². The zero-order chi connectivity index (χ0) is 20.5. The number of hydrogen-bond donors (Lipinski definition) is 1. The third kappa shape index (κ3) is 3.60. The minimum Gasteiger partial charge on any atom is -0.338 e. The Morgan fingerprint density at radius 2 is 1.97 bits per heavy atom. The molecular formula is C21H20FN3O3S. The molecule has 0 saturated carbocycles. The third-order valence-corrected chi connectivity index (χ3v) is 5.79. The summed E-state index contributed by atoms with van der Waals surface area (Å²) in [5, 5.41) is 2.80. The number of rotatable bonds is 3. The Kier molecular flexibility index (Phi) is 5.27. The molecule has 6 nitrogen and oxygen atoms in total. The van der Waals surface area contributed by atoms with Crippen LogP contribution < -0.4 is 5.32 Å². The van der Waals surface area contributed by atoms with Gasteiger partial charge in [-0.25, -0.2) is 4.39 Å². The molecule has 2 heterocycles. The molecule has 0 radical (unpaired) electrons. The van der Waals surface area contributed by atoms with E-state index in [0.29, 0.717) is 34.7 Å². The van der Waals surface area contributed by atoms with Crippen LogP contribution in [0.15, 0.2) is 42.5 Å². The maximum atomic E-state index is 14.2. The summed E-state index contributed by atoms with van der Waals surface area (Å²) in [5.74, 6) is -0.692. The Hall–Kier alpha value is -2.87. The van der Waals surface area contributed by atoms with E-state index in [1.54, 1.807) is 41.3 Å². The largest absolute Gasteiger partial charge is 0.338 e. The number of anilines is 1. The van der Waals surface area contributed by atoms with Crippen LogP contribution in [0.4, 0.5) is 10.1 Å². The van der Waals surface area contributed by atoms with Crippen LogP contribution in [0, 0.1) is 5.82 Å². The highest BCUT2D eigenvalue weighted by Gasteiger charge is 2.40. The molecule has 1 atom stereocenters. The van der Waals surface area contributed by atoms with Gasteiger partial charge >= 0.3 is 0 Å². The van der Waals surface area contributed by atoms with Gasteiger partial charge in [-0.2, -0.15) is 11.8 Å². The molecule has 4 rings (SSSR count). The summed E-state index contributed by atoms with van der Waals surface area (Å²) in [7, 11) is 0. The zero-order valence-electron chi connectivity index (χ0n) is 15.9. The lowest BCUT2D eigenvalue weighted by Crippen LogP contribution is -2.59. The standard InChI is InChI=1S/C21H20FN3O3S/c1-29-12-19(26)24-8-9-25-18(11-24)20(27)23-17-7-6-13(10-15(17)21(25)28)14-4-2-3-5-16(14)22/h2-7,10,18H,8-9,11-12H2,1H3,(H,23,27)/t18-/m1/s1. The van der Waals surface area contributed by atoms with E-state index in [1.165, 1.54) is 22.7 Å². The van der Waals surface area contributed by atoms with Crippen molar-refractivity contribution < 1.29 is 18.8 Å². The molecule has 0 unspecified atom stereocenters. The SMILES string of the molecule is CSCC(=O)N1CCN2C(=O)c3cc(-c4ccccc4F)ccc3NC(=O)[C@H]2C1. The first-order chi connectivity index (χ1) is 14.0. The first-order valence-electron chi connectivity index (χ1n) is 9.27. The summed E-state index contributed by atoms with van der Waals surface area (Å²) >= 11 is 1.43. The number of thioether (sulfide) groups is 1. The van der Waals surface area contributed by atoms with Crippen molar-refractivity contribution >= 4 is 35.2 Å². The highest BCUT2D eigenvalue weighted by molar-refractivity contribution is 7.99. The second-order valence-corrected chi connectivity index (χ2v) is 7.88. The van der Waals surface area contributed by atoms with Crippen molar-refractivity contribution in [3.05, 3.63) is 53.8 Å². The fourth-order valence-corrected chi connectivity index (χ4v) is 4.19. The van der Waals surface area contributed by atoms with Crippen LogP contribution in [0.1, 0.15) is 10.4 Å². The monoisotopic (exact) mass is 413 g/mol. The quantitative estimate of drug-likeness (QED) is 0.839. The molecular weight excluding hydrogens is 393 g/mol. The fraction of sp³-hybridized carbons (Fsp3) is 0.286. The second-order valence-electron chi connectivity index (χ2n) is 7.02. The van der Waals surface area contributed by atoms with Gasteiger partial charge in [-0.3, -0.25) is 14.4 Å². The smallest absolute Gasteiger partial charge is 0.256 e. The van der Waals surface area contributed by atoms with Crippen molar-refractivity contribution in [1.82, 2.24) is 9.80 Å². The highest BCUT2D eigenvalue weighted by atomic mass is 32.2. The first kappa shape index (κ1) is 19.4. The predicted octanol–water partition coefficient (Wildman–Crippen LogP) is 2.46. The van der Waals surface area contributed by atoms with E-state index >= 15 is 0 Å². The first-order valence-corrected chi connectivity index (χ1v) is 10.7. The summed E-state index contributed by atoms with van der Waals surface area (Å²) in [6.45, 7) is 0.836. The van der Waals surface area contributed by atoms with Crippen LogP contribution in [-0.4, -0.2) is 65.2 Å². The molecule has 0 spiro atoms. The molecule has 0 aromatic heterocycles. The maximum Gasteiger partial charge on any atom is 0.256 e. The number of carbonyl (C=O) groups excluding carboxylic acids is 3. The summed E-state index contributed by atoms with van der Waals surface area (Å²) < 4.78 is 14.2. The van der Waals surface area contributed by atoms with Crippen molar-refractivity contribution in [1.29, 1.82) is 0 Å². The van der Waals surface area contributed by atoms with Crippen LogP contribution >= 0.6 is 11.8 Å². The summed E-state index contributed by atoms with van der Waals surface area (Å²) in [6.07, 6.45) is 1.85. The maximum absolute atomic E-state index is 14.2. The molecule has 2 aliphatic rings. The van der Waals surface area contributed by atoms with Gasteiger partial charge in [0.25, 0.3) is 5.91 Å². The Labute approximate surface area is 172 Å². The van der Waals surface area contributed by atoms with E-state index in [0.717, 1.165) is 0 Å². The van der Waals surface area contributed by atoms with Crippen molar-refractivity contribution in [2.24, 2.45) is 0 Å². The van der Waals surface area contributed by atoms with Crippen LogP contribution in [0.3, 0.4) is 0 Å². The molecule has 29 heavy (non-hydrogen) atoms. The molecule has 2 aliphatic heterocycles. The Morgan fingerprint density at radius 3 is 2.72 bits per heavy atom. The van der Waals surface area contributed by atoms with Gasteiger partial charge in [0.2, 0.25) is 11.8 Å². The molecule has 1 saturated heterocycles. The van der Waals surface area contributed by atoms with E-state index in [1.807, 2.05) is 6.26 Å². The van der Waals surface area contributed by atoms with Crippen LogP contribution in [0.25, 0.3) is 11.1 Å². The molecule has 2 aromatic carbocycles. The van der Waals surface area contributed by atoms with Gasteiger partial charge < -0.3 is 15.1 Å². The van der Waals surface area contributed by atoms with Gasteiger partial charge in [0.15, 0.2) is 0 Å². The van der Waals surface area contributed by atoms with Crippen molar-refractivity contribution in [3.8, 4) is 11.1 Å². The average Bonchev–Trinajstić information content (AvgIpc) is 2.83. The highest BCUT2D eigenvalue weighted by Crippen LogP contribution is 2.31. The van der Waals surface area contributed by atoms with Gasteiger partial charge in [0.1, 0.15) is 11.9 Å². The summed E-state index contributed by atoms with van der Waals surface area (Å²) in [4.78, 5) is 41.4. The lowest BCUT2D eigenvalue weighted by atomic mass is 10.0. The van der Waals surface area contributed by atoms with Crippen molar-refractivity contribution in [2.45, 2.75) is 6.04 Å². The molecule has 150 valence electrons. The Balaban J connectivity index is 1.66. The molecule has 2 aromatic rings. The normalized spacial score (nSPS) is 18.6. The van der Waals surface area contributed by atoms with E-state index in [9.17, 15) is 18.8 Å². The molecule has 0 bridgehead atoms. The Morgan fingerprint density at radius 1 is 1.17 bits per heavy atom. The second kappa shape index (κ2) is 7.87. The minimum absolute atomic E-state index is 0.0407. The number of nitrogens with one attached hydrogen (secondary N) is 1. The Bertz CT molecular complexity index is 997. The molecule has 1 N–H and O–H groups in total. The van der Waals surface area contributed by atoms with E-state index in [4.69, 9.17) is 0 Å². The molecule has 0 aliphatic carbocycles. The van der Waals surface area contributed by atoms with Gasteiger partial charge in [0.05, 0.1) is 23.5 Å². The molecule has 3 amide bonds. The van der Waals surface area contributed by atoms with Crippen LogP contribution in [0.5, 0.6) is 0 Å². The number of benzene rings is 2. The number of nitrogens with zero attached hydrogens (tertiary/aromatic N) is 2. The minimum atomic E-state index is -0.744. The van der Waals surface area contributed by atoms with Gasteiger partial charge in [-0.1, -0.05) is 24.3 Å². The number of piperazine rings is 1.